The number of terminal acetylenes is 1. The second-order valence-electron chi connectivity index (χ2n) is 3.25. The summed E-state index contributed by atoms with van der Waals surface area (Å²) < 4.78 is 0. The van der Waals surface area contributed by atoms with Gasteiger partial charge in [-0.3, -0.25) is 4.79 Å². The van der Waals surface area contributed by atoms with Gasteiger partial charge in [0.1, 0.15) is 5.69 Å². The van der Waals surface area contributed by atoms with Crippen LogP contribution in [0, 0.1) is 12.3 Å². The number of carboxylic acids is 1. The van der Waals surface area contributed by atoms with Gasteiger partial charge in [0.05, 0.1) is 11.3 Å². The number of carboxylic acid groups (broad SMARTS) is 1. The summed E-state index contributed by atoms with van der Waals surface area (Å²) in [6.45, 7) is 0.506. The Morgan fingerprint density at radius 1 is 1.50 bits per heavy atom. The van der Waals surface area contributed by atoms with Crippen molar-refractivity contribution in [2.75, 3.05) is 18.1 Å². The fraction of sp³-hybridized carbons (Fsp3) is 0.250. The molecule has 2 N–H and O–H groups in total. The van der Waals surface area contributed by atoms with E-state index in [-0.39, 0.29) is 11.6 Å². The van der Waals surface area contributed by atoms with Gasteiger partial charge in [0.15, 0.2) is 0 Å². The summed E-state index contributed by atoms with van der Waals surface area (Å²) in [7, 11) is 0. The highest BCUT2D eigenvalue weighted by Gasteiger charge is 2.08. The largest absolute Gasteiger partial charge is 0.477 e. The van der Waals surface area contributed by atoms with Crippen molar-refractivity contribution in [1.82, 2.24) is 10.3 Å². The number of aromatic nitrogens is 1. The van der Waals surface area contributed by atoms with Crippen molar-refractivity contribution < 1.29 is 14.7 Å². The first-order chi connectivity index (χ1) is 8.65. The van der Waals surface area contributed by atoms with E-state index < -0.39 is 5.97 Å². The highest BCUT2D eigenvalue weighted by Crippen LogP contribution is 2.01. The zero-order valence-corrected chi connectivity index (χ0v) is 10.4. The predicted octanol–water partition coefficient (Wildman–Crippen LogP) is 0.876. The minimum atomic E-state index is -1.12. The highest BCUT2D eigenvalue weighted by molar-refractivity contribution is 7.99. The molecule has 1 rings (SSSR count). The van der Waals surface area contributed by atoms with Gasteiger partial charge in [0, 0.05) is 18.5 Å². The van der Waals surface area contributed by atoms with Crippen LogP contribution in [-0.2, 0) is 0 Å². The summed E-state index contributed by atoms with van der Waals surface area (Å²) in [5, 5.41) is 11.3. The van der Waals surface area contributed by atoms with E-state index in [0.717, 1.165) is 5.75 Å². The molecule has 0 saturated heterocycles. The van der Waals surface area contributed by atoms with Crippen molar-refractivity contribution in [3.8, 4) is 12.3 Å². The quantitative estimate of drug-likeness (QED) is 0.589. The molecule has 0 aromatic carbocycles. The number of nitrogens with one attached hydrogen (secondary N) is 1. The molecule has 0 aliphatic carbocycles. The van der Waals surface area contributed by atoms with Crippen LogP contribution in [0.15, 0.2) is 18.3 Å². The van der Waals surface area contributed by atoms with Crippen LogP contribution in [0.4, 0.5) is 0 Å². The van der Waals surface area contributed by atoms with Crippen molar-refractivity contribution in [1.29, 1.82) is 0 Å². The van der Waals surface area contributed by atoms with E-state index in [0.29, 0.717) is 17.9 Å². The van der Waals surface area contributed by atoms with Crippen molar-refractivity contribution in [2.24, 2.45) is 0 Å². The molecular weight excluding hydrogens is 252 g/mol. The number of thioether (sulfide) groups is 1. The van der Waals surface area contributed by atoms with E-state index >= 15 is 0 Å². The molecule has 0 atom stereocenters. The number of carbonyl (C=O) groups is 2. The lowest BCUT2D eigenvalue weighted by Crippen LogP contribution is -2.26. The SMILES string of the molecule is C#CCSCCNC(=O)c1ccc(C(=O)O)nc1. The minimum Gasteiger partial charge on any atom is -0.477 e. The lowest BCUT2D eigenvalue weighted by Gasteiger charge is -2.04. The van der Waals surface area contributed by atoms with Gasteiger partial charge in [-0.05, 0) is 12.1 Å². The van der Waals surface area contributed by atoms with E-state index in [9.17, 15) is 9.59 Å². The van der Waals surface area contributed by atoms with Crippen LogP contribution in [0.3, 0.4) is 0 Å². The third kappa shape index (κ3) is 4.47. The topological polar surface area (TPSA) is 79.3 Å². The molecule has 0 saturated carbocycles. The molecule has 0 unspecified atom stereocenters. The van der Waals surface area contributed by atoms with Crippen molar-refractivity contribution >= 4 is 23.6 Å². The summed E-state index contributed by atoms with van der Waals surface area (Å²) in [6.07, 6.45) is 6.33. The van der Waals surface area contributed by atoms with Crippen molar-refractivity contribution in [2.45, 2.75) is 0 Å². The Kier molecular flexibility index (Phi) is 5.74. The molecule has 1 aromatic heterocycles. The summed E-state index contributed by atoms with van der Waals surface area (Å²) in [5.74, 6) is 2.44. The second kappa shape index (κ2) is 7.35. The van der Waals surface area contributed by atoms with Gasteiger partial charge < -0.3 is 10.4 Å². The first kappa shape index (κ1) is 14.1. The molecule has 0 spiro atoms. The van der Waals surface area contributed by atoms with E-state index in [1.165, 1.54) is 18.3 Å². The standard InChI is InChI=1S/C12H12N2O3S/c1-2-6-18-7-5-13-11(15)9-3-4-10(12(16)17)14-8-9/h1,3-4,8H,5-7H2,(H,13,15)(H,16,17). The van der Waals surface area contributed by atoms with Gasteiger partial charge in [-0.1, -0.05) is 5.92 Å². The fourth-order valence-electron chi connectivity index (χ4n) is 1.12. The number of carbonyl (C=O) groups excluding carboxylic acids is 1. The lowest BCUT2D eigenvalue weighted by molar-refractivity contribution is 0.0689. The fourth-order valence-corrected chi connectivity index (χ4v) is 1.63. The molecule has 0 fully saturated rings. The van der Waals surface area contributed by atoms with Gasteiger partial charge in [0.2, 0.25) is 0 Å². The molecule has 0 aliphatic rings. The third-order valence-electron chi connectivity index (χ3n) is 1.96. The molecule has 0 bridgehead atoms. The average Bonchev–Trinajstić information content (AvgIpc) is 2.38. The molecule has 1 amide bonds. The molecule has 6 heteroatoms. The Bertz CT molecular complexity index is 465. The number of rotatable bonds is 6. The van der Waals surface area contributed by atoms with Crippen LogP contribution >= 0.6 is 11.8 Å². The van der Waals surface area contributed by atoms with Crippen LogP contribution < -0.4 is 5.32 Å². The Labute approximate surface area is 109 Å². The Morgan fingerprint density at radius 3 is 2.83 bits per heavy atom. The van der Waals surface area contributed by atoms with Gasteiger partial charge in [-0.2, -0.15) is 0 Å². The lowest BCUT2D eigenvalue weighted by atomic mass is 10.2. The number of hydrogen-bond donors (Lipinski definition) is 2. The maximum absolute atomic E-state index is 11.6. The normalized spacial score (nSPS) is 9.50. The number of hydrogen-bond acceptors (Lipinski definition) is 4. The van der Waals surface area contributed by atoms with Crippen LogP contribution in [-0.4, -0.2) is 40.0 Å². The summed E-state index contributed by atoms with van der Waals surface area (Å²) in [6, 6.07) is 2.73. The molecule has 1 heterocycles. The van der Waals surface area contributed by atoms with E-state index in [1.807, 2.05) is 0 Å². The third-order valence-corrected chi connectivity index (χ3v) is 2.83. The molecule has 18 heavy (non-hydrogen) atoms. The highest BCUT2D eigenvalue weighted by atomic mass is 32.2. The van der Waals surface area contributed by atoms with E-state index in [1.54, 1.807) is 11.8 Å². The maximum Gasteiger partial charge on any atom is 0.354 e. The number of pyridine rings is 1. The van der Waals surface area contributed by atoms with Crippen molar-refractivity contribution in [3.63, 3.8) is 0 Å². The zero-order valence-electron chi connectivity index (χ0n) is 9.55. The van der Waals surface area contributed by atoms with Crippen LogP contribution in [0.1, 0.15) is 20.8 Å². The molecule has 1 aromatic rings. The number of nitrogens with zero attached hydrogens (tertiary/aromatic N) is 1. The number of aromatic carboxylic acids is 1. The summed E-state index contributed by atoms with van der Waals surface area (Å²) in [5.41, 5.74) is 0.248. The molecule has 5 nitrogen and oxygen atoms in total. The average molecular weight is 264 g/mol. The van der Waals surface area contributed by atoms with E-state index in [4.69, 9.17) is 11.5 Å². The monoisotopic (exact) mass is 264 g/mol. The number of amides is 1. The van der Waals surface area contributed by atoms with Gasteiger partial charge in [-0.15, -0.1) is 18.2 Å². The van der Waals surface area contributed by atoms with Crippen LogP contribution in [0.5, 0.6) is 0 Å². The first-order valence-electron chi connectivity index (χ1n) is 5.14. The Morgan fingerprint density at radius 2 is 2.28 bits per heavy atom. The molecule has 94 valence electrons. The summed E-state index contributed by atoms with van der Waals surface area (Å²) >= 11 is 1.55. The zero-order chi connectivity index (χ0) is 13.4. The first-order valence-corrected chi connectivity index (χ1v) is 6.29. The second-order valence-corrected chi connectivity index (χ2v) is 4.36. The molecular formula is C12H12N2O3S. The molecule has 0 radical (unpaired) electrons. The van der Waals surface area contributed by atoms with Crippen molar-refractivity contribution in [3.05, 3.63) is 29.6 Å². The van der Waals surface area contributed by atoms with E-state index in [2.05, 4.69) is 16.2 Å². The van der Waals surface area contributed by atoms with Gasteiger partial charge >= 0.3 is 5.97 Å². The Balaban J connectivity index is 2.42. The summed E-state index contributed by atoms with van der Waals surface area (Å²) in [4.78, 5) is 25.8. The molecule has 0 aliphatic heterocycles. The minimum absolute atomic E-state index is 0.0869. The Hall–Kier alpha value is -2.00. The maximum atomic E-state index is 11.6. The van der Waals surface area contributed by atoms with Gasteiger partial charge in [0.25, 0.3) is 5.91 Å². The van der Waals surface area contributed by atoms with Crippen LogP contribution in [0.25, 0.3) is 0 Å². The predicted molar refractivity (Wildman–Crippen MR) is 69.7 cm³/mol. The smallest absolute Gasteiger partial charge is 0.354 e. The van der Waals surface area contributed by atoms with Gasteiger partial charge in [-0.25, -0.2) is 9.78 Å². The van der Waals surface area contributed by atoms with Crippen LogP contribution in [0.2, 0.25) is 0 Å².